The van der Waals surface area contributed by atoms with Crippen LogP contribution in [0.4, 0.5) is 39.5 Å². The Labute approximate surface area is 169 Å². The minimum Gasteiger partial charge on any atom is -0.215 e. The number of benzene rings is 1. The van der Waals surface area contributed by atoms with Gasteiger partial charge in [-0.15, -0.1) is 10.3 Å². The summed E-state index contributed by atoms with van der Waals surface area (Å²) in [5, 5.41) is -6.86. The Hall–Kier alpha value is -1.15. The summed E-state index contributed by atoms with van der Waals surface area (Å²) in [5.41, 5.74) is 1.23. The second-order valence-corrected chi connectivity index (χ2v) is 12.3. The molecule has 14 heteroatoms. The largest absolute Gasteiger partial charge is 0.460 e. The molecule has 0 heterocycles. The molecule has 1 aromatic rings. The van der Waals surface area contributed by atoms with Gasteiger partial charge in [-0.3, -0.25) is 0 Å². The molecule has 0 amide bonds. The lowest BCUT2D eigenvalue weighted by Crippen LogP contribution is -2.63. The van der Waals surface area contributed by atoms with Gasteiger partial charge in [0, 0.05) is 5.75 Å². The van der Waals surface area contributed by atoms with E-state index in [4.69, 9.17) is 0 Å². The first kappa shape index (κ1) is 26.9. The van der Waals surface area contributed by atoms with E-state index in [1.165, 1.54) is 12.1 Å². The van der Waals surface area contributed by atoms with E-state index in [9.17, 15) is 47.9 Å². The van der Waals surface area contributed by atoms with Crippen molar-refractivity contribution in [1.29, 1.82) is 0 Å². The van der Waals surface area contributed by atoms with E-state index in [2.05, 4.69) is 3.63 Å². The van der Waals surface area contributed by atoms with E-state index in [1.807, 2.05) is 13.8 Å². The molecule has 0 fully saturated rings. The molecule has 1 aromatic carbocycles. The number of hydrogen-bond donors (Lipinski definition) is 0. The van der Waals surface area contributed by atoms with Crippen LogP contribution >= 0.6 is 10.3 Å². The first-order valence-corrected chi connectivity index (χ1v) is 12.0. The minimum atomic E-state index is -7.33. The number of hydrogen-bond acceptors (Lipinski definition) is 3. The van der Waals surface area contributed by atoms with Crippen LogP contribution in [0.2, 0.25) is 0 Å². The molecule has 176 valence electrons. The van der Waals surface area contributed by atoms with Gasteiger partial charge in [0.05, 0.1) is 0 Å². The molecule has 30 heavy (non-hydrogen) atoms. The normalized spacial score (nSPS) is 15.5. The lowest BCUT2D eigenvalue weighted by Gasteiger charge is -2.36. The highest BCUT2D eigenvalue weighted by Crippen LogP contribution is 2.57. The van der Waals surface area contributed by atoms with E-state index < -0.39 is 43.7 Å². The number of alkyl halides is 9. The van der Waals surface area contributed by atoms with Crippen LogP contribution in [-0.2, 0) is 19.5 Å². The summed E-state index contributed by atoms with van der Waals surface area (Å²) >= 11 is 0. The molecule has 0 saturated carbocycles. The Kier molecular flexibility index (Phi) is 7.24. The van der Waals surface area contributed by atoms with E-state index in [0.717, 1.165) is 18.1 Å². The predicted octanol–water partition coefficient (Wildman–Crippen LogP) is 6.06. The number of halogens is 9. The highest BCUT2D eigenvalue weighted by atomic mass is 32.3. The molecule has 0 spiro atoms. The zero-order valence-corrected chi connectivity index (χ0v) is 17.7. The van der Waals surface area contributed by atoms with E-state index in [-0.39, 0.29) is 11.7 Å². The van der Waals surface area contributed by atoms with Gasteiger partial charge in [-0.05, 0) is 29.6 Å². The fourth-order valence-electron chi connectivity index (χ4n) is 2.23. The first-order chi connectivity index (χ1) is 13.1. The smallest absolute Gasteiger partial charge is 0.215 e. The number of rotatable bonds is 8. The lowest BCUT2D eigenvalue weighted by atomic mass is 10.0. The molecule has 3 nitrogen and oxygen atoms in total. The van der Waals surface area contributed by atoms with Crippen LogP contribution in [0, 0.1) is 0 Å². The van der Waals surface area contributed by atoms with Crippen molar-refractivity contribution in [2.45, 2.75) is 48.8 Å². The van der Waals surface area contributed by atoms with E-state index in [1.54, 1.807) is 12.1 Å². The molecule has 0 aromatic heterocycles. The first-order valence-electron chi connectivity index (χ1n) is 8.05. The highest BCUT2D eigenvalue weighted by molar-refractivity contribution is 8.31. The predicted molar refractivity (Wildman–Crippen MR) is 94.6 cm³/mol. The Morgan fingerprint density at radius 3 is 1.63 bits per heavy atom. The Balaban J connectivity index is 3.20. The summed E-state index contributed by atoms with van der Waals surface area (Å²) in [6, 6.07) is 6.25. The van der Waals surface area contributed by atoms with Crippen LogP contribution in [0.1, 0.15) is 30.9 Å². The Morgan fingerprint density at radius 1 is 0.833 bits per heavy atom. The summed E-state index contributed by atoms with van der Waals surface area (Å²) in [6.45, 7) is 3.75. The fourth-order valence-corrected chi connectivity index (χ4v) is 6.14. The molecule has 0 N–H and O–H groups in total. The van der Waals surface area contributed by atoms with Gasteiger partial charge in [-0.2, -0.15) is 47.9 Å². The molecular weight excluding hydrogens is 475 g/mol. The van der Waals surface area contributed by atoms with Crippen LogP contribution in [-0.4, -0.2) is 44.2 Å². The molecule has 0 unspecified atom stereocenters. The van der Waals surface area contributed by atoms with Gasteiger partial charge in [0.1, 0.15) is 0 Å². The van der Waals surface area contributed by atoms with Crippen LogP contribution in [0.5, 0.6) is 0 Å². The molecule has 0 aliphatic rings. The zero-order chi connectivity index (χ0) is 24.0. The van der Waals surface area contributed by atoms with Crippen molar-refractivity contribution in [2.24, 2.45) is 0 Å². The average Bonchev–Trinajstić information content (AvgIpc) is 2.52. The van der Waals surface area contributed by atoms with Gasteiger partial charge >= 0.3 is 33.4 Å². The van der Waals surface area contributed by atoms with Crippen molar-refractivity contribution in [3.63, 3.8) is 0 Å². The monoisotopic (exact) mass is 494 g/mol. The molecule has 0 saturated heterocycles. The molecule has 0 atom stereocenters. The molecule has 1 rings (SSSR count). The van der Waals surface area contributed by atoms with Crippen LogP contribution in [0.15, 0.2) is 24.3 Å². The van der Waals surface area contributed by atoms with E-state index in [0.29, 0.717) is 5.56 Å². The van der Waals surface area contributed by atoms with Crippen molar-refractivity contribution in [1.82, 2.24) is 0 Å². The topological polar surface area (TPSA) is 43.4 Å². The summed E-state index contributed by atoms with van der Waals surface area (Å²) in [6.07, 6.45) is -5.22. The molecule has 0 aliphatic heterocycles. The van der Waals surface area contributed by atoms with Crippen molar-refractivity contribution in [3.8, 4) is 0 Å². The van der Waals surface area contributed by atoms with Crippen LogP contribution in [0.3, 0.4) is 0 Å². The average molecular weight is 494 g/mol. The quantitative estimate of drug-likeness (QED) is 0.413. The van der Waals surface area contributed by atoms with Gasteiger partial charge in [0.25, 0.3) is 0 Å². The maximum Gasteiger partial charge on any atom is 0.460 e. The maximum absolute atomic E-state index is 13.8. The minimum absolute atomic E-state index is 0.132. The molecule has 0 bridgehead atoms. The Bertz CT molecular complexity index is 846. The summed E-state index contributed by atoms with van der Waals surface area (Å²) < 4.78 is 144. The Morgan fingerprint density at radius 2 is 1.27 bits per heavy atom. The highest BCUT2D eigenvalue weighted by Gasteiger charge is 2.86. The van der Waals surface area contributed by atoms with Gasteiger partial charge in [0.15, 0.2) is 0 Å². The molecule has 0 aliphatic carbocycles. The lowest BCUT2D eigenvalue weighted by molar-refractivity contribution is -0.382. The summed E-state index contributed by atoms with van der Waals surface area (Å²) in [7, 11) is -10.1. The van der Waals surface area contributed by atoms with Crippen molar-refractivity contribution < 1.29 is 51.6 Å². The van der Waals surface area contributed by atoms with Crippen molar-refractivity contribution in [3.05, 3.63) is 35.4 Å². The third kappa shape index (κ3) is 5.01. The van der Waals surface area contributed by atoms with Crippen molar-refractivity contribution >= 4 is 20.4 Å². The van der Waals surface area contributed by atoms with Gasteiger partial charge in [0.2, 0.25) is 0 Å². The van der Waals surface area contributed by atoms with Gasteiger partial charge in [-0.25, -0.2) is 3.63 Å². The molecular formula is C16H19F9O3S2. The van der Waals surface area contributed by atoms with Crippen LogP contribution in [0.25, 0.3) is 0 Å². The second-order valence-electron chi connectivity index (χ2n) is 7.16. The standard InChI is InChI=1S/C16H19F9O3S2/c1-10(2)12-7-5-11(6-8-12)9-29(3,4)28-30(26,27)16(24,25)14(19,20)13(17,18)15(21,22)23/h5-8,10H,9H2,1-4H3. The second kappa shape index (κ2) is 8.08. The van der Waals surface area contributed by atoms with E-state index >= 15 is 0 Å². The zero-order valence-electron chi connectivity index (χ0n) is 16.0. The third-order valence-corrected chi connectivity index (χ3v) is 7.97. The SMILES string of the molecule is CC(C)c1ccc(CS(C)(C)OS(=O)(=O)C(F)(F)C(F)(F)C(F)(F)C(F)(F)F)cc1. The third-order valence-electron chi connectivity index (χ3n) is 3.86. The molecule has 0 radical (unpaired) electrons. The maximum atomic E-state index is 13.8. The summed E-state index contributed by atoms with van der Waals surface area (Å²) in [5.74, 6) is -14.9. The fraction of sp³-hybridized carbons (Fsp3) is 0.625. The van der Waals surface area contributed by atoms with Crippen LogP contribution < -0.4 is 0 Å². The van der Waals surface area contributed by atoms with Gasteiger partial charge in [-0.1, -0.05) is 38.1 Å². The van der Waals surface area contributed by atoms with Crippen molar-refractivity contribution in [2.75, 3.05) is 12.5 Å². The van der Waals surface area contributed by atoms with Gasteiger partial charge < -0.3 is 0 Å². The summed E-state index contributed by atoms with van der Waals surface area (Å²) in [4.78, 5) is 0.